The Labute approximate surface area is 155 Å². The Morgan fingerprint density at radius 1 is 1.08 bits per heavy atom. The maximum absolute atomic E-state index is 13.9. The normalized spacial score (nSPS) is 21.2. The second-order valence-corrected chi connectivity index (χ2v) is 7.01. The fraction of sp³-hybridized carbons (Fsp3) is 0.409. The standard InChI is InChI=1S/C22H27FN2O/c1-2-25-15-8-13-22(14-16-25,19-10-4-3-5-11-19)21(26)24-17-18-9-6-7-12-20(18)23/h3-7,9-12H,2,8,13-17H2,1H3,(H,24,26). The first-order valence-corrected chi connectivity index (χ1v) is 9.45. The maximum Gasteiger partial charge on any atom is 0.230 e. The number of carbonyl (C=O) groups excluding carboxylic acids is 1. The third kappa shape index (κ3) is 3.96. The molecule has 3 rings (SSSR count). The van der Waals surface area contributed by atoms with Crippen molar-refractivity contribution < 1.29 is 9.18 Å². The highest BCUT2D eigenvalue weighted by molar-refractivity contribution is 5.88. The number of rotatable bonds is 5. The highest BCUT2D eigenvalue weighted by Gasteiger charge is 2.41. The van der Waals surface area contributed by atoms with Crippen molar-refractivity contribution in [2.24, 2.45) is 0 Å². The van der Waals surface area contributed by atoms with Crippen molar-refractivity contribution in [3.8, 4) is 0 Å². The van der Waals surface area contributed by atoms with Crippen molar-refractivity contribution in [2.45, 2.75) is 38.1 Å². The van der Waals surface area contributed by atoms with E-state index >= 15 is 0 Å². The number of nitrogens with one attached hydrogen (secondary N) is 1. The van der Waals surface area contributed by atoms with Gasteiger partial charge in [0.25, 0.3) is 0 Å². The summed E-state index contributed by atoms with van der Waals surface area (Å²) in [5.74, 6) is -0.274. The molecule has 3 nitrogen and oxygen atoms in total. The van der Waals surface area contributed by atoms with E-state index in [2.05, 4.69) is 17.1 Å². The molecule has 1 atom stereocenters. The Bertz CT molecular complexity index is 734. The van der Waals surface area contributed by atoms with Crippen molar-refractivity contribution in [2.75, 3.05) is 19.6 Å². The molecule has 1 amide bonds. The van der Waals surface area contributed by atoms with Gasteiger partial charge in [0, 0.05) is 12.1 Å². The van der Waals surface area contributed by atoms with Gasteiger partial charge in [0.15, 0.2) is 0 Å². The lowest BCUT2D eigenvalue weighted by atomic mass is 9.73. The van der Waals surface area contributed by atoms with Gasteiger partial charge in [0.05, 0.1) is 5.41 Å². The Hall–Kier alpha value is -2.20. The molecule has 0 aromatic heterocycles. The summed E-state index contributed by atoms with van der Waals surface area (Å²) in [6, 6.07) is 16.7. The third-order valence-corrected chi connectivity index (χ3v) is 5.54. The van der Waals surface area contributed by atoms with E-state index in [1.807, 2.05) is 30.3 Å². The minimum absolute atomic E-state index is 0.00454. The summed E-state index contributed by atoms with van der Waals surface area (Å²) in [5, 5.41) is 3.01. The van der Waals surface area contributed by atoms with Gasteiger partial charge in [-0.05, 0) is 50.5 Å². The van der Waals surface area contributed by atoms with E-state index in [0.717, 1.165) is 44.5 Å². The number of nitrogens with zero attached hydrogens (tertiary/aromatic N) is 1. The van der Waals surface area contributed by atoms with Crippen LogP contribution in [-0.4, -0.2) is 30.4 Å². The van der Waals surface area contributed by atoms with Gasteiger partial charge in [0.2, 0.25) is 5.91 Å². The molecule has 1 fully saturated rings. The van der Waals surface area contributed by atoms with E-state index in [4.69, 9.17) is 0 Å². The molecular weight excluding hydrogens is 327 g/mol. The quantitative estimate of drug-likeness (QED) is 0.884. The zero-order valence-electron chi connectivity index (χ0n) is 15.4. The van der Waals surface area contributed by atoms with Gasteiger partial charge in [0.1, 0.15) is 5.82 Å². The highest BCUT2D eigenvalue weighted by atomic mass is 19.1. The lowest BCUT2D eigenvalue weighted by Crippen LogP contribution is -2.45. The molecule has 0 spiro atoms. The van der Waals surface area contributed by atoms with Crippen molar-refractivity contribution in [3.05, 3.63) is 71.5 Å². The van der Waals surface area contributed by atoms with Crippen LogP contribution in [0, 0.1) is 5.82 Å². The molecule has 1 aliphatic heterocycles. The van der Waals surface area contributed by atoms with Crippen LogP contribution < -0.4 is 5.32 Å². The van der Waals surface area contributed by atoms with E-state index in [9.17, 15) is 9.18 Å². The molecular formula is C22H27FN2O. The molecule has 0 saturated carbocycles. The molecule has 0 aliphatic carbocycles. The summed E-state index contributed by atoms with van der Waals surface area (Å²) in [6.07, 6.45) is 2.58. The summed E-state index contributed by atoms with van der Waals surface area (Å²) < 4.78 is 13.9. The number of amides is 1. The first-order chi connectivity index (χ1) is 12.7. The molecule has 1 saturated heterocycles. The topological polar surface area (TPSA) is 32.3 Å². The van der Waals surface area contributed by atoms with Gasteiger partial charge in [-0.1, -0.05) is 55.5 Å². The largest absolute Gasteiger partial charge is 0.351 e. The molecule has 0 radical (unpaired) electrons. The van der Waals surface area contributed by atoms with Crippen molar-refractivity contribution in [1.29, 1.82) is 0 Å². The van der Waals surface area contributed by atoms with Gasteiger partial charge in [-0.3, -0.25) is 4.79 Å². The summed E-state index contributed by atoms with van der Waals surface area (Å²) in [7, 11) is 0. The number of halogens is 1. The average molecular weight is 354 g/mol. The minimum Gasteiger partial charge on any atom is -0.351 e. The van der Waals surface area contributed by atoms with Crippen LogP contribution in [0.2, 0.25) is 0 Å². The van der Waals surface area contributed by atoms with Crippen LogP contribution in [0.4, 0.5) is 4.39 Å². The number of hydrogen-bond acceptors (Lipinski definition) is 2. The number of hydrogen-bond donors (Lipinski definition) is 1. The number of likely N-dealkylation sites (tertiary alicyclic amines) is 1. The smallest absolute Gasteiger partial charge is 0.230 e. The van der Waals surface area contributed by atoms with Crippen molar-refractivity contribution >= 4 is 5.91 Å². The van der Waals surface area contributed by atoms with E-state index in [0.29, 0.717) is 5.56 Å². The van der Waals surface area contributed by atoms with Gasteiger partial charge in [-0.15, -0.1) is 0 Å². The van der Waals surface area contributed by atoms with E-state index in [-0.39, 0.29) is 18.3 Å². The van der Waals surface area contributed by atoms with E-state index < -0.39 is 5.41 Å². The molecule has 1 aliphatic rings. The Kier molecular flexibility index (Phi) is 6.04. The Morgan fingerprint density at radius 3 is 2.54 bits per heavy atom. The summed E-state index contributed by atoms with van der Waals surface area (Å²) in [6.45, 7) is 5.30. The van der Waals surface area contributed by atoms with Gasteiger partial charge in [-0.2, -0.15) is 0 Å². The molecule has 1 unspecified atom stereocenters. The molecule has 2 aromatic carbocycles. The summed E-state index contributed by atoms with van der Waals surface area (Å²) in [5.41, 5.74) is 1.04. The number of carbonyl (C=O) groups is 1. The molecule has 1 N–H and O–H groups in total. The van der Waals surface area contributed by atoms with Gasteiger partial charge >= 0.3 is 0 Å². The third-order valence-electron chi connectivity index (χ3n) is 5.54. The molecule has 1 heterocycles. The molecule has 4 heteroatoms. The average Bonchev–Trinajstić information content (AvgIpc) is 2.91. The molecule has 138 valence electrons. The summed E-state index contributed by atoms with van der Waals surface area (Å²) >= 11 is 0. The first kappa shape index (κ1) is 18.6. The second kappa shape index (κ2) is 8.45. The van der Waals surface area contributed by atoms with Crippen LogP contribution in [-0.2, 0) is 16.8 Å². The first-order valence-electron chi connectivity index (χ1n) is 9.45. The van der Waals surface area contributed by atoms with Crippen LogP contribution in [0.25, 0.3) is 0 Å². The SMILES string of the molecule is CCN1CCCC(C(=O)NCc2ccccc2F)(c2ccccc2)CC1. The van der Waals surface area contributed by atoms with Gasteiger partial charge < -0.3 is 10.2 Å². The van der Waals surface area contributed by atoms with Gasteiger partial charge in [-0.25, -0.2) is 4.39 Å². The molecule has 26 heavy (non-hydrogen) atoms. The van der Waals surface area contributed by atoms with Crippen LogP contribution in [0.15, 0.2) is 54.6 Å². The fourth-order valence-corrected chi connectivity index (χ4v) is 3.90. The predicted octanol–water partition coefficient (Wildman–Crippen LogP) is 3.89. The number of benzene rings is 2. The van der Waals surface area contributed by atoms with Crippen LogP contribution in [0.1, 0.15) is 37.3 Å². The van der Waals surface area contributed by atoms with E-state index in [1.165, 1.54) is 6.07 Å². The summed E-state index contributed by atoms with van der Waals surface area (Å²) in [4.78, 5) is 15.7. The fourth-order valence-electron chi connectivity index (χ4n) is 3.90. The van der Waals surface area contributed by atoms with Crippen LogP contribution in [0.3, 0.4) is 0 Å². The zero-order valence-corrected chi connectivity index (χ0v) is 15.4. The molecule has 0 bridgehead atoms. The Balaban J connectivity index is 1.83. The lowest BCUT2D eigenvalue weighted by Gasteiger charge is -2.32. The maximum atomic E-state index is 13.9. The highest BCUT2D eigenvalue weighted by Crippen LogP contribution is 2.36. The van der Waals surface area contributed by atoms with Crippen LogP contribution in [0.5, 0.6) is 0 Å². The second-order valence-electron chi connectivity index (χ2n) is 7.01. The zero-order chi connectivity index (χ0) is 18.4. The Morgan fingerprint density at radius 2 is 1.81 bits per heavy atom. The lowest BCUT2D eigenvalue weighted by molar-refractivity contribution is -0.127. The minimum atomic E-state index is -0.545. The van der Waals surface area contributed by atoms with Crippen molar-refractivity contribution in [1.82, 2.24) is 10.2 Å². The molecule has 2 aromatic rings. The van der Waals surface area contributed by atoms with Crippen LogP contribution >= 0.6 is 0 Å². The van der Waals surface area contributed by atoms with Crippen molar-refractivity contribution in [3.63, 3.8) is 0 Å². The van der Waals surface area contributed by atoms with E-state index in [1.54, 1.807) is 18.2 Å². The predicted molar refractivity (Wildman–Crippen MR) is 102 cm³/mol. The monoisotopic (exact) mass is 354 g/mol.